The smallest absolute Gasteiger partial charge is 0.183 e. The van der Waals surface area contributed by atoms with Gasteiger partial charge in [0.05, 0.1) is 6.61 Å². The predicted octanol–water partition coefficient (Wildman–Crippen LogP) is 5.34. The molecular formula is C17H38O2Si. The highest BCUT2D eigenvalue weighted by Gasteiger charge is 2.34. The van der Waals surface area contributed by atoms with Gasteiger partial charge in [-0.3, -0.25) is 0 Å². The van der Waals surface area contributed by atoms with Crippen LogP contribution in [0.3, 0.4) is 0 Å². The topological polar surface area (TPSA) is 18.5 Å². The van der Waals surface area contributed by atoms with Crippen LogP contribution in [-0.4, -0.2) is 28.1 Å². The molecule has 0 aliphatic carbocycles. The van der Waals surface area contributed by atoms with E-state index in [-0.39, 0.29) is 5.41 Å². The van der Waals surface area contributed by atoms with Crippen molar-refractivity contribution in [2.45, 2.75) is 73.5 Å². The van der Waals surface area contributed by atoms with Crippen LogP contribution in [0.5, 0.6) is 0 Å². The highest BCUT2D eigenvalue weighted by Crippen LogP contribution is 2.35. The lowest BCUT2D eigenvalue weighted by atomic mass is 9.75. The summed E-state index contributed by atoms with van der Waals surface area (Å²) in [6.45, 7) is 20.8. The van der Waals surface area contributed by atoms with Crippen LogP contribution in [0.15, 0.2) is 0 Å². The third-order valence-corrected chi connectivity index (χ3v) is 4.26. The molecule has 0 N–H and O–H groups in total. The summed E-state index contributed by atoms with van der Waals surface area (Å²) in [6, 6.07) is 0. The Morgan fingerprint density at radius 3 is 1.75 bits per heavy atom. The van der Waals surface area contributed by atoms with Crippen molar-refractivity contribution in [3.63, 3.8) is 0 Å². The van der Waals surface area contributed by atoms with E-state index in [1.807, 2.05) is 0 Å². The molecule has 0 saturated carbocycles. The minimum Gasteiger partial charge on any atom is -0.417 e. The van der Waals surface area contributed by atoms with Crippen molar-refractivity contribution in [2.75, 3.05) is 19.8 Å². The quantitative estimate of drug-likeness (QED) is 0.379. The summed E-state index contributed by atoms with van der Waals surface area (Å²) in [6.07, 6.45) is 3.48. The third-order valence-electron chi connectivity index (χ3n) is 3.25. The average Bonchev–Trinajstić information content (AvgIpc) is 2.24. The molecule has 0 aromatic heterocycles. The molecular weight excluding hydrogens is 264 g/mol. The summed E-state index contributed by atoms with van der Waals surface area (Å²) >= 11 is 0. The monoisotopic (exact) mass is 302 g/mol. The molecule has 0 radical (unpaired) electrons. The first-order chi connectivity index (χ1) is 9.10. The Labute approximate surface area is 128 Å². The summed E-state index contributed by atoms with van der Waals surface area (Å²) in [4.78, 5) is 0. The van der Waals surface area contributed by atoms with Gasteiger partial charge >= 0.3 is 0 Å². The first-order valence-electron chi connectivity index (χ1n) is 8.32. The summed E-state index contributed by atoms with van der Waals surface area (Å²) in [5.74, 6) is 1.37. The van der Waals surface area contributed by atoms with Gasteiger partial charge in [-0.15, -0.1) is 0 Å². The molecule has 0 aliphatic rings. The van der Waals surface area contributed by atoms with Crippen LogP contribution in [0.1, 0.15) is 53.9 Å². The second-order valence-electron chi connectivity index (χ2n) is 8.15. The fourth-order valence-corrected chi connectivity index (χ4v) is 3.63. The van der Waals surface area contributed by atoms with Gasteiger partial charge in [-0.1, -0.05) is 34.6 Å². The Bertz CT molecular complexity index is 234. The van der Waals surface area contributed by atoms with Gasteiger partial charge in [0.2, 0.25) is 0 Å². The van der Waals surface area contributed by atoms with Crippen LogP contribution >= 0.6 is 0 Å². The fourth-order valence-electron chi connectivity index (χ4n) is 2.90. The molecule has 0 atom stereocenters. The molecule has 0 heterocycles. The number of rotatable bonds is 11. The molecule has 0 unspecified atom stereocenters. The first kappa shape index (κ1) is 20.1. The lowest BCUT2D eigenvalue weighted by Crippen LogP contribution is -2.40. The van der Waals surface area contributed by atoms with Crippen molar-refractivity contribution in [1.29, 1.82) is 0 Å². The molecule has 2 nitrogen and oxygen atoms in total. The largest absolute Gasteiger partial charge is 0.417 e. The van der Waals surface area contributed by atoms with Gasteiger partial charge in [0, 0.05) is 18.6 Å². The van der Waals surface area contributed by atoms with Crippen LogP contribution in [0.4, 0.5) is 0 Å². The molecule has 20 heavy (non-hydrogen) atoms. The Morgan fingerprint density at radius 2 is 1.40 bits per heavy atom. The van der Waals surface area contributed by atoms with Crippen molar-refractivity contribution in [1.82, 2.24) is 0 Å². The van der Waals surface area contributed by atoms with E-state index in [0.29, 0.717) is 11.8 Å². The average molecular weight is 303 g/mol. The van der Waals surface area contributed by atoms with Crippen molar-refractivity contribution in [2.24, 2.45) is 17.3 Å². The molecule has 0 saturated heterocycles. The lowest BCUT2D eigenvalue weighted by Gasteiger charge is -2.38. The highest BCUT2D eigenvalue weighted by molar-refractivity contribution is 6.69. The molecule has 0 bridgehead atoms. The zero-order valence-corrected chi connectivity index (χ0v) is 16.2. The number of ether oxygens (including phenoxy) is 1. The SMILES string of the molecule is CCCOCC(CO[Si](C)(C)C)(CC(C)C)CC(C)C. The summed E-state index contributed by atoms with van der Waals surface area (Å²) in [7, 11) is -1.47. The second kappa shape index (κ2) is 9.21. The van der Waals surface area contributed by atoms with Crippen molar-refractivity contribution in [3.8, 4) is 0 Å². The maximum atomic E-state index is 6.29. The molecule has 0 aromatic rings. The molecule has 3 heteroatoms. The van der Waals surface area contributed by atoms with Gasteiger partial charge in [0.1, 0.15) is 0 Å². The Hall–Kier alpha value is 0.137. The van der Waals surface area contributed by atoms with Crippen LogP contribution in [-0.2, 0) is 9.16 Å². The standard InChI is InChI=1S/C17H38O2Si/c1-9-10-18-13-17(11-15(2)3,12-16(4)5)14-19-20(6,7)8/h15-16H,9-14H2,1-8H3. The first-order valence-corrected chi connectivity index (χ1v) is 11.7. The Balaban J connectivity index is 4.87. The van der Waals surface area contributed by atoms with E-state index in [1.54, 1.807) is 0 Å². The Kier molecular flexibility index (Phi) is 9.28. The molecule has 0 rings (SSSR count). The second-order valence-corrected chi connectivity index (χ2v) is 12.7. The molecule has 0 amide bonds. The predicted molar refractivity (Wildman–Crippen MR) is 91.8 cm³/mol. The summed E-state index contributed by atoms with van der Waals surface area (Å²) in [5, 5.41) is 0. The van der Waals surface area contributed by atoms with Gasteiger partial charge in [0.15, 0.2) is 8.32 Å². The minimum absolute atomic E-state index is 0.192. The Morgan fingerprint density at radius 1 is 0.900 bits per heavy atom. The van der Waals surface area contributed by atoms with Crippen molar-refractivity contribution < 1.29 is 9.16 Å². The van der Waals surface area contributed by atoms with Crippen molar-refractivity contribution in [3.05, 3.63) is 0 Å². The number of hydrogen-bond donors (Lipinski definition) is 0. The maximum Gasteiger partial charge on any atom is 0.183 e. The van der Waals surface area contributed by atoms with E-state index in [1.165, 1.54) is 12.8 Å². The maximum absolute atomic E-state index is 6.29. The van der Waals surface area contributed by atoms with Crippen molar-refractivity contribution >= 4 is 8.32 Å². The number of hydrogen-bond acceptors (Lipinski definition) is 2. The third kappa shape index (κ3) is 9.95. The van der Waals surface area contributed by atoms with Crippen LogP contribution < -0.4 is 0 Å². The van der Waals surface area contributed by atoms with E-state index < -0.39 is 8.32 Å². The molecule has 0 aromatic carbocycles. The highest BCUT2D eigenvalue weighted by atomic mass is 28.4. The normalized spacial score (nSPS) is 13.5. The minimum atomic E-state index is -1.47. The lowest BCUT2D eigenvalue weighted by molar-refractivity contribution is -0.0138. The van der Waals surface area contributed by atoms with E-state index in [0.717, 1.165) is 26.2 Å². The van der Waals surface area contributed by atoms with E-state index in [4.69, 9.17) is 9.16 Å². The molecule has 122 valence electrons. The van der Waals surface area contributed by atoms with E-state index in [2.05, 4.69) is 54.3 Å². The van der Waals surface area contributed by atoms with Gasteiger partial charge in [-0.2, -0.15) is 0 Å². The van der Waals surface area contributed by atoms with Gasteiger partial charge in [-0.25, -0.2) is 0 Å². The van der Waals surface area contributed by atoms with E-state index in [9.17, 15) is 0 Å². The molecule has 0 spiro atoms. The van der Waals surface area contributed by atoms with Gasteiger partial charge < -0.3 is 9.16 Å². The van der Waals surface area contributed by atoms with Gasteiger partial charge in [0.25, 0.3) is 0 Å². The van der Waals surface area contributed by atoms with Crippen LogP contribution in [0.2, 0.25) is 19.6 Å². The fraction of sp³-hybridized carbons (Fsp3) is 1.00. The summed E-state index contributed by atoms with van der Waals surface area (Å²) in [5.41, 5.74) is 0.192. The zero-order chi connectivity index (χ0) is 15.8. The molecule has 0 aliphatic heterocycles. The van der Waals surface area contributed by atoms with Crippen LogP contribution in [0.25, 0.3) is 0 Å². The molecule has 0 fully saturated rings. The zero-order valence-electron chi connectivity index (χ0n) is 15.2. The van der Waals surface area contributed by atoms with Crippen LogP contribution in [0, 0.1) is 17.3 Å². The summed E-state index contributed by atoms with van der Waals surface area (Å²) < 4.78 is 12.2. The van der Waals surface area contributed by atoms with E-state index >= 15 is 0 Å². The van der Waals surface area contributed by atoms with Gasteiger partial charge in [-0.05, 0) is 50.7 Å².